The Morgan fingerprint density at radius 2 is 1.88 bits per heavy atom. The van der Waals surface area contributed by atoms with Gasteiger partial charge in [-0.25, -0.2) is 0 Å². The second-order valence-electron chi connectivity index (χ2n) is 5.78. The lowest BCUT2D eigenvalue weighted by atomic mass is 9.99. The van der Waals surface area contributed by atoms with Crippen LogP contribution in [0.4, 0.5) is 0 Å². The molecular formula is C19H23ClN2O2. The number of nitrogens with one attached hydrogen (secondary N) is 1. The van der Waals surface area contributed by atoms with E-state index >= 15 is 0 Å². The number of hydrogen-bond donors (Lipinski definition) is 1. The molecule has 1 N–H and O–H groups in total. The first-order valence-electron chi connectivity index (χ1n) is 7.92. The first-order chi connectivity index (χ1) is 11.2. The number of amides is 1. The zero-order valence-electron chi connectivity index (χ0n) is 14.0. The maximum Gasteiger partial charge on any atom is 0.254 e. The van der Waals surface area contributed by atoms with Crippen molar-refractivity contribution in [2.24, 2.45) is 0 Å². The molecule has 0 bridgehead atoms. The van der Waals surface area contributed by atoms with Crippen LogP contribution in [0.2, 0.25) is 0 Å². The second kappa shape index (κ2) is 8.18. The van der Waals surface area contributed by atoms with E-state index in [-0.39, 0.29) is 24.4 Å². The topological polar surface area (TPSA) is 41.6 Å². The highest BCUT2D eigenvalue weighted by Crippen LogP contribution is 2.31. The van der Waals surface area contributed by atoms with Crippen LogP contribution in [0.3, 0.4) is 0 Å². The molecule has 0 aliphatic carbocycles. The van der Waals surface area contributed by atoms with E-state index < -0.39 is 0 Å². The molecule has 1 atom stereocenters. The number of hydrogen-bond acceptors (Lipinski definition) is 3. The highest BCUT2D eigenvalue weighted by molar-refractivity contribution is 5.96. The smallest absolute Gasteiger partial charge is 0.254 e. The number of carbonyl (C=O) groups excluding carboxylic acids is 1. The first kappa shape index (κ1) is 18.3. The Labute approximate surface area is 149 Å². The SMILES string of the molecule is COc1ccccc1C1CNCCN1C(=O)c1ccccc1C.Cl. The van der Waals surface area contributed by atoms with Gasteiger partial charge in [0, 0.05) is 30.8 Å². The second-order valence-corrected chi connectivity index (χ2v) is 5.78. The molecule has 5 heteroatoms. The van der Waals surface area contributed by atoms with Gasteiger partial charge in [-0.3, -0.25) is 4.79 Å². The third-order valence-corrected chi connectivity index (χ3v) is 4.38. The molecule has 0 saturated carbocycles. The monoisotopic (exact) mass is 346 g/mol. The normalized spacial score (nSPS) is 17.1. The third kappa shape index (κ3) is 3.55. The van der Waals surface area contributed by atoms with Gasteiger partial charge in [0.1, 0.15) is 5.75 Å². The van der Waals surface area contributed by atoms with Crippen molar-refractivity contribution in [2.45, 2.75) is 13.0 Å². The van der Waals surface area contributed by atoms with Crippen LogP contribution in [0.15, 0.2) is 48.5 Å². The lowest BCUT2D eigenvalue weighted by molar-refractivity contribution is 0.0631. The van der Waals surface area contributed by atoms with Gasteiger partial charge < -0.3 is 15.0 Å². The molecule has 1 amide bonds. The predicted molar refractivity (Wildman–Crippen MR) is 98.1 cm³/mol. The fourth-order valence-electron chi connectivity index (χ4n) is 3.13. The molecule has 1 unspecified atom stereocenters. The molecular weight excluding hydrogens is 324 g/mol. The molecule has 3 rings (SSSR count). The molecule has 1 fully saturated rings. The van der Waals surface area contributed by atoms with Crippen LogP contribution in [0, 0.1) is 6.92 Å². The fourth-order valence-corrected chi connectivity index (χ4v) is 3.13. The van der Waals surface area contributed by atoms with Gasteiger partial charge in [-0.2, -0.15) is 0 Å². The van der Waals surface area contributed by atoms with Gasteiger partial charge in [0.2, 0.25) is 0 Å². The van der Waals surface area contributed by atoms with Crippen molar-refractivity contribution in [1.29, 1.82) is 0 Å². The molecule has 1 aliphatic heterocycles. The summed E-state index contributed by atoms with van der Waals surface area (Å²) in [4.78, 5) is 15.0. The van der Waals surface area contributed by atoms with Crippen molar-refractivity contribution in [3.05, 3.63) is 65.2 Å². The van der Waals surface area contributed by atoms with Gasteiger partial charge >= 0.3 is 0 Å². The fraction of sp³-hybridized carbons (Fsp3) is 0.316. The van der Waals surface area contributed by atoms with E-state index in [1.54, 1.807) is 7.11 Å². The lowest BCUT2D eigenvalue weighted by Gasteiger charge is -2.37. The summed E-state index contributed by atoms with van der Waals surface area (Å²) in [5.41, 5.74) is 2.83. The number of rotatable bonds is 3. The Hall–Kier alpha value is -2.04. The van der Waals surface area contributed by atoms with Crippen molar-refractivity contribution in [3.8, 4) is 5.75 Å². The summed E-state index contributed by atoms with van der Waals surface area (Å²) >= 11 is 0. The summed E-state index contributed by atoms with van der Waals surface area (Å²) in [6, 6.07) is 15.7. The summed E-state index contributed by atoms with van der Waals surface area (Å²) in [5.74, 6) is 0.907. The number of ether oxygens (including phenoxy) is 1. The third-order valence-electron chi connectivity index (χ3n) is 4.38. The zero-order chi connectivity index (χ0) is 16.2. The zero-order valence-corrected chi connectivity index (χ0v) is 14.8. The first-order valence-corrected chi connectivity index (χ1v) is 7.92. The lowest BCUT2D eigenvalue weighted by Crippen LogP contribution is -2.48. The molecule has 0 aromatic heterocycles. The number of nitrogens with zero attached hydrogens (tertiary/aromatic N) is 1. The van der Waals surface area contributed by atoms with Gasteiger partial charge in [0.25, 0.3) is 5.91 Å². The van der Waals surface area contributed by atoms with Crippen molar-refractivity contribution >= 4 is 18.3 Å². The standard InChI is InChI=1S/C19H22N2O2.ClH/c1-14-7-3-4-8-15(14)19(22)21-12-11-20-13-17(21)16-9-5-6-10-18(16)23-2;/h3-10,17,20H,11-13H2,1-2H3;1H. The summed E-state index contributed by atoms with van der Waals surface area (Å²) < 4.78 is 5.49. The largest absolute Gasteiger partial charge is 0.496 e. The molecule has 1 aliphatic rings. The molecule has 1 heterocycles. The van der Waals surface area contributed by atoms with Crippen molar-refractivity contribution in [3.63, 3.8) is 0 Å². The highest BCUT2D eigenvalue weighted by Gasteiger charge is 2.30. The highest BCUT2D eigenvalue weighted by atomic mass is 35.5. The van der Waals surface area contributed by atoms with E-state index in [1.807, 2.05) is 60.4 Å². The molecule has 128 valence electrons. The van der Waals surface area contributed by atoms with Gasteiger partial charge in [-0.15, -0.1) is 12.4 Å². The van der Waals surface area contributed by atoms with Gasteiger partial charge in [-0.05, 0) is 24.6 Å². The van der Waals surface area contributed by atoms with Crippen molar-refractivity contribution in [1.82, 2.24) is 10.2 Å². The van der Waals surface area contributed by atoms with Crippen LogP contribution in [0.25, 0.3) is 0 Å². The average Bonchev–Trinajstić information content (AvgIpc) is 2.61. The molecule has 2 aromatic carbocycles. The number of piperazine rings is 1. The van der Waals surface area contributed by atoms with Crippen LogP contribution in [-0.4, -0.2) is 37.6 Å². The van der Waals surface area contributed by atoms with Crippen LogP contribution in [-0.2, 0) is 0 Å². The van der Waals surface area contributed by atoms with Crippen molar-refractivity contribution in [2.75, 3.05) is 26.7 Å². The van der Waals surface area contributed by atoms with E-state index in [9.17, 15) is 4.79 Å². The van der Waals surface area contributed by atoms with E-state index in [2.05, 4.69) is 5.32 Å². The Morgan fingerprint density at radius 1 is 1.17 bits per heavy atom. The quantitative estimate of drug-likeness (QED) is 0.927. The van der Waals surface area contributed by atoms with Crippen LogP contribution in [0.1, 0.15) is 27.5 Å². The Kier molecular flexibility index (Phi) is 6.23. The van der Waals surface area contributed by atoms with Crippen LogP contribution < -0.4 is 10.1 Å². The van der Waals surface area contributed by atoms with E-state index in [0.29, 0.717) is 6.54 Å². The Bertz CT molecular complexity index is 705. The molecule has 0 spiro atoms. The average molecular weight is 347 g/mol. The predicted octanol–water partition coefficient (Wildman–Crippen LogP) is 3.21. The summed E-state index contributed by atoms with van der Waals surface area (Å²) in [6.07, 6.45) is 0. The minimum absolute atomic E-state index is 0. The number of methoxy groups -OCH3 is 1. The molecule has 24 heavy (non-hydrogen) atoms. The van der Waals surface area contributed by atoms with Crippen LogP contribution >= 0.6 is 12.4 Å². The van der Waals surface area contributed by atoms with Gasteiger partial charge in [0.05, 0.1) is 13.2 Å². The Morgan fingerprint density at radius 3 is 2.62 bits per heavy atom. The number of benzene rings is 2. The maximum absolute atomic E-state index is 13.1. The maximum atomic E-state index is 13.1. The molecule has 4 nitrogen and oxygen atoms in total. The van der Waals surface area contributed by atoms with Crippen LogP contribution in [0.5, 0.6) is 5.75 Å². The van der Waals surface area contributed by atoms with E-state index in [0.717, 1.165) is 35.5 Å². The minimum Gasteiger partial charge on any atom is -0.496 e. The summed E-state index contributed by atoms with van der Waals surface area (Å²) in [6.45, 7) is 4.21. The van der Waals surface area contributed by atoms with E-state index in [4.69, 9.17) is 4.74 Å². The summed E-state index contributed by atoms with van der Waals surface area (Å²) in [5, 5.41) is 3.39. The minimum atomic E-state index is -0.0213. The van der Waals surface area contributed by atoms with Gasteiger partial charge in [-0.1, -0.05) is 36.4 Å². The Balaban J connectivity index is 0.00000208. The summed E-state index contributed by atoms with van der Waals surface area (Å²) in [7, 11) is 1.67. The number of aryl methyl sites for hydroxylation is 1. The number of carbonyl (C=O) groups is 1. The number of halogens is 1. The molecule has 0 radical (unpaired) electrons. The van der Waals surface area contributed by atoms with Crippen molar-refractivity contribution < 1.29 is 9.53 Å². The number of para-hydroxylation sites is 1. The molecule has 2 aromatic rings. The molecule has 1 saturated heterocycles. The van der Waals surface area contributed by atoms with E-state index in [1.165, 1.54) is 0 Å². The van der Waals surface area contributed by atoms with Gasteiger partial charge in [0.15, 0.2) is 0 Å².